The summed E-state index contributed by atoms with van der Waals surface area (Å²) in [6, 6.07) is 25.8. The van der Waals surface area contributed by atoms with Crippen molar-refractivity contribution in [3.63, 3.8) is 0 Å². The topological polar surface area (TPSA) is 110 Å². The molecule has 4 amide bonds. The number of imide groups is 2. The maximum Gasteiger partial charge on any atom is 0.343 e. The number of amides is 4. The Balaban J connectivity index is 1.59. The number of anilines is 2. The molecule has 0 bridgehead atoms. The van der Waals surface area contributed by atoms with Crippen molar-refractivity contribution < 1.29 is 31.7 Å². The van der Waals surface area contributed by atoms with Gasteiger partial charge >= 0.3 is 16.1 Å². The van der Waals surface area contributed by atoms with Crippen LogP contribution in [0.1, 0.15) is 5.56 Å². The van der Waals surface area contributed by atoms with Crippen LogP contribution in [0.5, 0.6) is 11.5 Å². The van der Waals surface area contributed by atoms with Crippen LogP contribution in [0.3, 0.4) is 0 Å². The molecule has 1 aliphatic heterocycles. The van der Waals surface area contributed by atoms with E-state index in [0.717, 1.165) is 9.80 Å². The molecule has 9 nitrogen and oxygen atoms in total. The van der Waals surface area contributed by atoms with Gasteiger partial charge in [-0.1, -0.05) is 66.2 Å². The number of benzene rings is 4. The van der Waals surface area contributed by atoms with Gasteiger partial charge in [0, 0.05) is 0 Å². The molecule has 1 saturated heterocycles. The zero-order chi connectivity index (χ0) is 29.1. The third kappa shape index (κ3) is 5.43. The fourth-order valence-electron chi connectivity index (χ4n) is 4.15. The van der Waals surface area contributed by atoms with Crippen molar-refractivity contribution in [2.75, 3.05) is 16.9 Å². The molecule has 206 valence electrons. The first-order valence-corrected chi connectivity index (χ1v) is 13.9. The minimum Gasteiger partial charge on any atom is -0.493 e. The molecule has 41 heavy (non-hydrogen) atoms. The standard InChI is InChI=1S/C30H21ClN2O7S/c1-39-26-19-20(18-25(31)27(26)40-41(37,38)23-15-9-4-10-16-23)17-24-28(34)32(21-11-5-2-6-12-21)30(36)33(29(24)35)22-13-7-3-8-14-22/h2-19H,1H3. The number of hydrogen-bond donors (Lipinski definition) is 0. The average molecular weight is 589 g/mol. The zero-order valence-corrected chi connectivity index (χ0v) is 23.0. The van der Waals surface area contributed by atoms with E-state index in [0.29, 0.717) is 0 Å². The highest BCUT2D eigenvalue weighted by Crippen LogP contribution is 2.39. The van der Waals surface area contributed by atoms with E-state index in [1.54, 1.807) is 78.9 Å². The number of hydrogen-bond acceptors (Lipinski definition) is 7. The van der Waals surface area contributed by atoms with Crippen LogP contribution in [0.25, 0.3) is 6.08 Å². The molecule has 11 heteroatoms. The number of ether oxygens (including phenoxy) is 1. The first kappa shape index (κ1) is 27.6. The summed E-state index contributed by atoms with van der Waals surface area (Å²) >= 11 is 6.43. The van der Waals surface area contributed by atoms with E-state index < -0.39 is 28.0 Å². The Hall–Kier alpha value is -4.93. The minimum absolute atomic E-state index is 0.0597. The van der Waals surface area contributed by atoms with E-state index in [-0.39, 0.29) is 43.9 Å². The van der Waals surface area contributed by atoms with E-state index in [9.17, 15) is 22.8 Å². The van der Waals surface area contributed by atoms with Crippen LogP contribution in [0.2, 0.25) is 5.02 Å². The van der Waals surface area contributed by atoms with Gasteiger partial charge in [0.05, 0.1) is 23.5 Å². The molecule has 0 aliphatic carbocycles. The summed E-state index contributed by atoms with van der Waals surface area (Å²) in [6.07, 6.45) is 1.26. The first-order valence-electron chi connectivity index (χ1n) is 12.1. The van der Waals surface area contributed by atoms with Crippen molar-refractivity contribution in [1.82, 2.24) is 0 Å². The largest absolute Gasteiger partial charge is 0.493 e. The second kappa shape index (κ2) is 11.3. The Kier molecular flexibility index (Phi) is 7.60. The molecule has 0 atom stereocenters. The quantitative estimate of drug-likeness (QED) is 0.155. The molecule has 0 aromatic heterocycles. The summed E-state index contributed by atoms with van der Waals surface area (Å²) in [7, 11) is -2.96. The predicted octanol–water partition coefficient (Wildman–Crippen LogP) is 5.70. The number of para-hydroxylation sites is 2. The molecule has 0 radical (unpaired) electrons. The van der Waals surface area contributed by atoms with Crippen LogP contribution in [0.15, 0.2) is 114 Å². The molecule has 1 fully saturated rings. The van der Waals surface area contributed by atoms with Crippen LogP contribution in [0.4, 0.5) is 16.2 Å². The summed E-state index contributed by atoms with van der Waals surface area (Å²) < 4.78 is 36.2. The number of nitrogens with zero attached hydrogens (tertiary/aromatic N) is 2. The highest BCUT2D eigenvalue weighted by atomic mass is 35.5. The molecule has 4 aromatic rings. The van der Waals surface area contributed by atoms with E-state index in [2.05, 4.69) is 0 Å². The van der Waals surface area contributed by atoms with E-state index in [4.69, 9.17) is 20.5 Å². The first-order chi connectivity index (χ1) is 19.7. The molecule has 1 heterocycles. The third-order valence-corrected chi connectivity index (χ3v) is 7.58. The normalized spacial score (nSPS) is 13.8. The van der Waals surface area contributed by atoms with Crippen LogP contribution in [-0.2, 0) is 19.7 Å². The predicted molar refractivity (Wildman–Crippen MR) is 153 cm³/mol. The Morgan fingerprint density at radius 3 is 1.71 bits per heavy atom. The van der Waals surface area contributed by atoms with E-state index in [1.807, 2.05) is 0 Å². The maximum absolute atomic E-state index is 13.6. The van der Waals surface area contributed by atoms with Crippen LogP contribution >= 0.6 is 11.6 Å². The number of carbonyl (C=O) groups excluding carboxylic acids is 3. The molecular weight excluding hydrogens is 568 g/mol. The average Bonchev–Trinajstić information content (AvgIpc) is 2.98. The summed E-state index contributed by atoms with van der Waals surface area (Å²) in [5.41, 5.74) is 0.434. The summed E-state index contributed by atoms with van der Waals surface area (Å²) in [6.45, 7) is 0. The van der Waals surface area contributed by atoms with E-state index >= 15 is 0 Å². The summed E-state index contributed by atoms with van der Waals surface area (Å²) in [4.78, 5) is 42.4. The smallest absolute Gasteiger partial charge is 0.343 e. The van der Waals surface area contributed by atoms with Crippen molar-refractivity contribution in [2.45, 2.75) is 4.90 Å². The molecule has 4 aromatic carbocycles. The lowest BCUT2D eigenvalue weighted by Gasteiger charge is -2.33. The second-order valence-electron chi connectivity index (χ2n) is 8.68. The summed E-state index contributed by atoms with van der Waals surface area (Å²) in [5.74, 6) is -2.02. The third-order valence-electron chi connectivity index (χ3n) is 6.07. The van der Waals surface area contributed by atoms with Crippen molar-refractivity contribution in [3.8, 4) is 11.5 Å². The van der Waals surface area contributed by atoms with Crippen LogP contribution in [0, 0.1) is 0 Å². The molecule has 0 N–H and O–H groups in total. The SMILES string of the molecule is COc1cc(C=C2C(=O)N(c3ccccc3)C(=O)N(c3ccccc3)C2=O)cc(Cl)c1OS(=O)(=O)c1ccccc1. The van der Waals surface area contributed by atoms with Crippen molar-refractivity contribution in [2.24, 2.45) is 0 Å². The highest BCUT2D eigenvalue weighted by Gasteiger charge is 2.43. The molecule has 0 spiro atoms. The Morgan fingerprint density at radius 1 is 0.732 bits per heavy atom. The van der Waals surface area contributed by atoms with E-state index in [1.165, 1.54) is 37.5 Å². The van der Waals surface area contributed by atoms with Gasteiger partial charge in [-0.15, -0.1) is 0 Å². The minimum atomic E-state index is -4.25. The van der Waals surface area contributed by atoms with Gasteiger partial charge in [-0.2, -0.15) is 8.42 Å². The van der Waals surface area contributed by atoms with Gasteiger partial charge < -0.3 is 8.92 Å². The van der Waals surface area contributed by atoms with Crippen molar-refractivity contribution in [3.05, 3.63) is 119 Å². The van der Waals surface area contributed by atoms with Gasteiger partial charge in [0.25, 0.3) is 11.8 Å². The maximum atomic E-state index is 13.6. The highest BCUT2D eigenvalue weighted by molar-refractivity contribution is 7.87. The molecule has 1 aliphatic rings. The number of urea groups is 1. The van der Waals surface area contributed by atoms with Gasteiger partial charge in [-0.05, 0) is 60.2 Å². The van der Waals surface area contributed by atoms with Gasteiger partial charge in [0.15, 0.2) is 5.75 Å². The number of rotatable bonds is 7. The molecule has 5 rings (SSSR count). The number of methoxy groups -OCH3 is 1. The molecule has 0 saturated carbocycles. The molecule has 0 unspecified atom stereocenters. The Bertz CT molecular complexity index is 1710. The van der Waals surface area contributed by atoms with Crippen LogP contribution < -0.4 is 18.7 Å². The second-order valence-corrected chi connectivity index (χ2v) is 10.6. The Morgan fingerprint density at radius 2 is 1.22 bits per heavy atom. The van der Waals surface area contributed by atoms with Crippen LogP contribution in [-0.4, -0.2) is 33.4 Å². The van der Waals surface area contributed by atoms with Crippen molar-refractivity contribution in [1.29, 1.82) is 0 Å². The Labute approximate surface area is 240 Å². The zero-order valence-electron chi connectivity index (χ0n) is 21.4. The lowest BCUT2D eigenvalue weighted by molar-refractivity contribution is -0.121. The van der Waals surface area contributed by atoms with Gasteiger partial charge in [0.2, 0.25) is 5.75 Å². The van der Waals surface area contributed by atoms with Gasteiger partial charge in [0.1, 0.15) is 10.5 Å². The lowest BCUT2D eigenvalue weighted by atomic mass is 10.0. The monoisotopic (exact) mass is 588 g/mol. The number of carbonyl (C=O) groups is 3. The lowest BCUT2D eigenvalue weighted by Crippen LogP contribution is -2.57. The molecular formula is C30H21ClN2O7S. The fourth-order valence-corrected chi connectivity index (χ4v) is 5.44. The number of barbiturate groups is 1. The van der Waals surface area contributed by atoms with Gasteiger partial charge in [-0.3, -0.25) is 9.59 Å². The summed E-state index contributed by atoms with van der Waals surface area (Å²) in [5, 5.41) is -0.151. The van der Waals surface area contributed by atoms with Gasteiger partial charge in [-0.25, -0.2) is 14.6 Å². The number of halogens is 1. The fraction of sp³-hybridized carbons (Fsp3) is 0.0333. The van der Waals surface area contributed by atoms with Crippen molar-refractivity contribution >= 4 is 57.0 Å².